The molecule has 0 bridgehead atoms. The highest BCUT2D eigenvalue weighted by Crippen LogP contribution is 2.30. The molecule has 1 aromatic carbocycles. The van der Waals surface area contributed by atoms with Crippen molar-refractivity contribution >= 4 is 51.5 Å². The fraction of sp³-hybridized carbons (Fsp3) is 0.200. The number of esters is 1. The number of ether oxygens (including phenoxy) is 2. The van der Waals surface area contributed by atoms with Crippen LogP contribution in [0.25, 0.3) is 11.3 Å². The van der Waals surface area contributed by atoms with Crippen molar-refractivity contribution in [2.24, 2.45) is 0 Å². The fourth-order valence-electron chi connectivity index (χ4n) is 2.40. The van der Waals surface area contributed by atoms with Crippen LogP contribution in [0.4, 0.5) is 5.13 Å². The highest BCUT2D eigenvalue weighted by atomic mass is 35.5. The Labute approximate surface area is 187 Å². The van der Waals surface area contributed by atoms with Gasteiger partial charge < -0.3 is 9.47 Å². The Morgan fingerprint density at radius 2 is 2.03 bits per heavy atom. The lowest BCUT2D eigenvalue weighted by atomic mass is 10.2. The molecule has 7 nitrogen and oxygen atoms in total. The van der Waals surface area contributed by atoms with Gasteiger partial charge in [-0.3, -0.25) is 10.1 Å². The normalized spacial score (nSPS) is 11.6. The predicted molar refractivity (Wildman–Crippen MR) is 116 cm³/mol. The molecule has 0 fully saturated rings. The van der Waals surface area contributed by atoms with Crippen molar-refractivity contribution < 1.29 is 19.1 Å². The maximum Gasteiger partial charge on any atom is 0.344 e. The first-order chi connectivity index (χ1) is 14.4. The van der Waals surface area contributed by atoms with E-state index in [2.05, 4.69) is 15.3 Å². The lowest BCUT2D eigenvalue weighted by molar-refractivity contribution is -0.123. The summed E-state index contributed by atoms with van der Waals surface area (Å²) in [5.41, 5.74) is 1.55. The van der Waals surface area contributed by atoms with E-state index in [1.165, 1.54) is 30.5 Å². The summed E-state index contributed by atoms with van der Waals surface area (Å²) in [4.78, 5) is 33.2. The lowest BCUT2D eigenvalue weighted by Gasteiger charge is -2.13. The van der Waals surface area contributed by atoms with Crippen molar-refractivity contribution in [3.63, 3.8) is 0 Å². The van der Waals surface area contributed by atoms with E-state index in [4.69, 9.17) is 32.7 Å². The smallest absolute Gasteiger partial charge is 0.344 e. The average molecular weight is 466 g/mol. The Kier molecular flexibility index (Phi) is 7.25. The molecule has 3 rings (SSSR count). The molecule has 1 atom stereocenters. The highest BCUT2D eigenvalue weighted by Gasteiger charge is 2.23. The third kappa shape index (κ3) is 5.27. The molecule has 10 heteroatoms. The van der Waals surface area contributed by atoms with Crippen LogP contribution in [-0.4, -0.2) is 34.6 Å². The van der Waals surface area contributed by atoms with Crippen LogP contribution in [0.5, 0.6) is 5.88 Å². The van der Waals surface area contributed by atoms with Crippen molar-refractivity contribution in [1.29, 1.82) is 0 Å². The number of halogens is 2. The predicted octanol–water partition coefficient (Wildman–Crippen LogP) is 5.09. The molecule has 0 unspecified atom stereocenters. The van der Waals surface area contributed by atoms with Crippen LogP contribution in [0.1, 0.15) is 24.2 Å². The molecule has 0 radical (unpaired) electrons. The van der Waals surface area contributed by atoms with E-state index in [-0.39, 0.29) is 11.4 Å². The molecule has 1 amide bonds. The van der Waals surface area contributed by atoms with Crippen LogP contribution < -0.4 is 10.1 Å². The number of anilines is 1. The van der Waals surface area contributed by atoms with Crippen LogP contribution in [-0.2, 0) is 9.53 Å². The second kappa shape index (κ2) is 9.88. The minimum Gasteiger partial charge on any atom is -0.477 e. The van der Waals surface area contributed by atoms with Gasteiger partial charge in [-0.15, -0.1) is 11.3 Å². The number of hydrogen-bond donors (Lipinski definition) is 1. The van der Waals surface area contributed by atoms with Crippen molar-refractivity contribution in [3.05, 3.63) is 57.5 Å². The molecule has 0 saturated heterocycles. The highest BCUT2D eigenvalue weighted by molar-refractivity contribution is 7.14. The lowest BCUT2D eigenvalue weighted by Crippen LogP contribution is -2.30. The van der Waals surface area contributed by atoms with Crippen LogP contribution >= 0.6 is 34.5 Å². The minimum absolute atomic E-state index is 0.148. The molecule has 30 heavy (non-hydrogen) atoms. The van der Waals surface area contributed by atoms with Crippen molar-refractivity contribution in [2.45, 2.75) is 20.0 Å². The topological polar surface area (TPSA) is 90.4 Å². The standard InChI is InChI=1S/C20H17Cl2N3O4S/c1-3-28-18-13(5-4-8-23-18)19(27)29-11(2)17(26)25-20-24-16(10-30-20)12-6-7-14(21)15(22)9-12/h4-11H,3H2,1-2H3,(H,24,25,26)/t11-/m0/s1. The first-order valence-corrected chi connectivity index (χ1v) is 10.5. The van der Waals surface area contributed by atoms with Crippen LogP contribution in [0, 0.1) is 0 Å². The van der Waals surface area contributed by atoms with Crippen LogP contribution in [0.15, 0.2) is 41.9 Å². The van der Waals surface area contributed by atoms with Gasteiger partial charge in [-0.2, -0.15) is 0 Å². The summed E-state index contributed by atoms with van der Waals surface area (Å²) in [5, 5.41) is 5.63. The zero-order chi connectivity index (χ0) is 21.7. The molecule has 0 saturated carbocycles. The zero-order valence-electron chi connectivity index (χ0n) is 16.0. The van der Waals surface area contributed by atoms with Gasteiger partial charge in [-0.25, -0.2) is 14.8 Å². The maximum atomic E-state index is 12.4. The largest absolute Gasteiger partial charge is 0.477 e. The van der Waals surface area contributed by atoms with Gasteiger partial charge in [-0.1, -0.05) is 29.3 Å². The Bertz CT molecular complexity index is 1070. The molecule has 3 aromatic rings. The minimum atomic E-state index is -1.05. The van der Waals surface area contributed by atoms with Gasteiger partial charge in [0.1, 0.15) is 5.56 Å². The maximum absolute atomic E-state index is 12.4. The monoisotopic (exact) mass is 465 g/mol. The fourth-order valence-corrected chi connectivity index (χ4v) is 3.42. The van der Waals surface area contributed by atoms with Gasteiger partial charge in [-0.05, 0) is 38.1 Å². The number of rotatable bonds is 7. The van der Waals surface area contributed by atoms with E-state index in [0.29, 0.717) is 27.5 Å². The number of aromatic nitrogens is 2. The van der Waals surface area contributed by atoms with Crippen molar-refractivity contribution in [1.82, 2.24) is 9.97 Å². The van der Waals surface area contributed by atoms with Gasteiger partial charge in [0.15, 0.2) is 11.2 Å². The van der Waals surface area contributed by atoms with E-state index < -0.39 is 18.0 Å². The molecule has 0 aliphatic rings. The number of nitrogens with zero attached hydrogens (tertiary/aromatic N) is 2. The number of carbonyl (C=O) groups excluding carboxylic acids is 2. The van der Waals surface area contributed by atoms with Gasteiger partial charge in [0.05, 0.1) is 22.3 Å². The number of carbonyl (C=O) groups is 2. The van der Waals surface area contributed by atoms with Crippen LogP contribution in [0.3, 0.4) is 0 Å². The van der Waals surface area contributed by atoms with Gasteiger partial charge in [0.25, 0.3) is 5.91 Å². The summed E-state index contributed by atoms with van der Waals surface area (Å²) in [6.07, 6.45) is 0.454. The summed E-state index contributed by atoms with van der Waals surface area (Å²) >= 11 is 13.2. The van der Waals surface area contributed by atoms with Gasteiger partial charge >= 0.3 is 5.97 Å². The summed E-state index contributed by atoms with van der Waals surface area (Å²) in [6, 6.07) is 8.26. The Morgan fingerprint density at radius 1 is 1.23 bits per heavy atom. The zero-order valence-corrected chi connectivity index (χ0v) is 18.3. The SMILES string of the molecule is CCOc1ncccc1C(=O)O[C@@H](C)C(=O)Nc1nc(-c2ccc(Cl)c(Cl)c2)cs1. The third-order valence-corrected chi connectivity index (χ3v) is 5.37. The molecule has 2 aromatic heterocycles. The number of benzene rings is 1. The Hall–Kier alpha value is -2.68. The number of pyridine rings is 1. The number of nitrogens with one attached hydrogen (secondary N) is 1. The van der Waals surface area contributed by atoms with Crippen molar-refractivity contribution in [2.75, 3.05) is 11.9 Å². The average Bonchev–Trinajstić information content (AvgIpc) is 3.19. The van der Waals surface area contributed by atoms with Gasteiger partial charge in [0, 0.05) is 17.1 Å². The molecule has 156 valence electrons. The van der Waals surface area contributed by atoms with E-state index >= 15 is 0 Å². The molecule has 0 aliphatic carbocycles. The van der Waals surface area contributed by atoms with E-state index in [0.717, 1.165) is 5.56 Å². The van der Waals surface area contributed by atoms with Gasteiger partial charge in [0.2, 0.25) is 5.88 Å². The Balaban J connectivity index is 1.64. The quantitative estimate of drug-likeness (QED) is 0.488. The number of amides is 1. The summed E-state index contributed by atoms with van der Waals surface area (Å²) in [5.74, 6) is -1.06. The molecular weight excluding hydrogens is 449 g/mol. The summed E-state index contributed by atoms with van der Waals surface area (Å²) in [6.45, 7) is 3.59. The van der Waals surface area contributed by atoms with E-state index in [1.807, 2.05) is 0 Å². The summed E-state index contributed by atoms with van der Waals surface area (Å²) < 4.78 is 10.6. The second-order valence-electron chi connectivity index (χ2n) is 5.99. The summed E-state index contributed by atoms with van der Waals surface area (Å²) in [7, 11) is 0. The first-order valence-electron chi connectivity index (χ1n) is 8.89. The Morgan fingerprint density at radius 3 is 2.77 bits per heavy atom. The molecule has 1 N–H and O–H groups in total. The molecule has 2 heterocycles. The second-order valence-corrected chi connectivity index (χ2v) is 7.67. The van der Waals surface area contributed by atoms with E-state index in [9.17, 15) is 9.59 Å². The number of thiazole rings is 1. The van der Waals surface area contributed by atoms with E-state index in [1.54, 1.807) is 36.6 Å². The third-order valence-electron chi connectivity index (χ3n) is 3.87. The molecular formula is C20H17Cl2N3O4S. The van der Waals surface area contributed by atoms with Crippen molar-refractivity contribution in [3.8, 4) is 17.1 Å². The number of hydrogen-bond acceptors (Lipinski definition) is 7. The molecule has 0 spiro atoms. The molecule has 0 aliphatic heterocycles. The van der Waals surface area contributed by atoms with Crippen LogP contribution in [0.2, 0.25) is 10.0 Å². The first kappa shape index (κ1) is 22.0.